The Morgan fingerprint density at radius 1 is 1.10 bits per heavy atom. The number of hydrogen-bond donors (Lipinski definition) is 2. The molecule has 4 atom stereocenters. The molecule has 2 N–H and O–H groups in total. The number of benzene rings is 1. The third-order valence-corrected chi connectivity index (χ3v) is 9.09. The Morgan fingerprint density at radius 3 is 2.29 bits per heavy atom. The summed E-state index contributed by atoms with van der Waals surface area (Å²) in [7, 11) is 0. The van der Waals surface area contributed by atoms with E-state index in [0.717, 1.165) is 25.3 Å². The highest BCUT2D eigenvalue weighted by atomic mass is 19.3. The van der Waals surface area contributed by atoms with Gasteiger partial charge in [-0.3, -0.25) is 9.59 Å². The molecule has 5 aliphatic rings. The molecule has 5 fully saturated rings. The van der Waals surface area contributed by atoms with E-state index in [-0.39, 0.29) is 46.2 Å². The second-order valence-corrected chi connectivity index (χ2v) is 13.1. The molecule has 41 heavy (non-hydrogen) atoms. The van der Waals surface area contributed by atoms with E-state index in [0.29, 0.717) is 24.7 Å². The number of pyridine rings is 1. The van der Waals surface area contributed by atoms with Crippen LogP contribution in [0.3, 0.4) is 0 Å². The van der Waals surface area contributed by atoms with Gasteiger partial charge in [0.1, 0.15) is 11.4 Å². The summed E-state index contributed by atoms with van der Waals surface area (Å²) in [6.45, 7) is 8.01. The average molecular weight is 573 g/mol. The highest BCUT2D eigenvalue weighted by Gasteiger charge is 2.59. The van der Waals surface area contributed by atoms with Gasteiger partial charge in [-0.05, 0) is 52.9 Å². The molecule has 2 bridgehead atoms. The number of hydrogen-bond acceptors (Lipinski definition) is 5. The lowest BCUT2D eigenvalue weighted by Crippen LogP contribution is -2.62. The number of piperidine rings is 1. The summed E-state index contributed by atoms with van der Waals surface area (Å²) in [6.07, 6.45) is 0.942. The number of rotatable bonds is 7. The van der Waals surface area contributed by atoms with Crippen molar-refractivity contribution >= 4 is 17.7 Å². The van der Waals surface area contributed by atoms with Crippen molar-refractivity contribution in [2.75, 3.05) is 18.4 Å². The second kappa shape index (κ2) is 9.52. The largest absolute Gasteiger partial charge is 0.444 e. The number of nitrogens with one attached hydrogen (secondary N) is 2. The predicted octanol–water partition coefficient (Wildman–Crippen LogP) is 5.20. The molecule has 0 unspecified atom stereocenters. The first-order valence-corrected chi connectivity index (χ1v) is 14.2. The molecule has 2 heterocycles. The van der Waals surface area contributed by atoms with E-state index < -0.39 is 35.4 Å². The molecule has 1 aliphatic heterocycles. The van der Waals surface area contributed by atoms with Gasteiger partial charge in [0, 0.05) is 54.3 Å². The lowest BCUT2D eigenvalue weighted by Gasteiger charge is -2.62. The first-order valence-electron chi connectivity index (χ1n) is 14.2. The van der Waals surface area contributed by atoms with Gasteiger partial charge in [-0.1, -0.05) is 18.2 Å². The monoisotopic (exact) mass is 572 g/mol. The molecule has 220 valence electrons. The van der Waals surface area contributed by atoms with Crippen molar-refractivity contribution in [2.24, 2.45) is 17.8 Å². The highest BCUT2D eigenvalue weighted by molar-refractivity contribution is 5.99. The topological polar surface area (TPSA) is 92.7 Å². The van der Waals surface area contributed by atoms with E-state index in [1.54, 1.807) is 15.7 Å². The lowest BCUT2D eigenvalue weighted by atomic mass is 9.49. The normalized spacial score (nSPS) is 28.3. The minimum atomic E-state index is -2.98. The Kier molecular flexibility index (Phi) is 6.42. The summed E-state index contributed by atoms with van der Waals surface area (Å²) < 4.78 is 48.4. The van der Waals surface area contributed by atoms with Gasteiger partial charge in [0.25, 0.3) is 17.9 Å². The van der Waals surface area contributed by atoms with E-state index in [1.165, 1.54) is 25.1 Å². The molecule has 7 rings (SSSR count). The molecule has 11 heteroatoms. The minimum absolute atomic E-state index is 0.0250. The molecule has 1 aromatic carbocycles. The number of ether oxygens (including phenoxy) is 1. The fraction of sp³-hybridized carbons (Fsp3) is 0.567. The van der Waals surface area contributed by atoms with Crippen molar-refractivity contribution in [1.82, 2.24) is 14.8 Å². The molecule has 0 radical (unpaired) electrons. The Labute approximate surface area is 236 Å². The summed E-state index contributed by atoms with van der Waals surface area (Å²) in [5, 5.41) is 6.11. The number of carbonyl (C=O) groups is 2. The van der Waals surface area contributed by atoms with Crippen LogP contribution in [0, 0.1) is 23.6 Å². The van der Waals surface area contributed by atoms with Crippen molar-refractivity contribution in [3.63, 3.8) is 0 Å². The highest BCUT2D eigenvalue weighted by Crippen LogP contribution is 2.61. The second-order valence-electron chi connectivity index (χ2n) is 13.1. The number of carbonyl (C=O) groups excluding carboxylic acids is 2. The zero-order chi connectivity index (χ0) is 29.4. The fourth-order valence-corrected chi connectivity index (χ4v) is 6.75. The minimum Gasteiger partial charge on any atom is -0.444 e. The van der Waals surface area contributed by atoms with Crippen molar-refractivity contribution in [1.29, 1.82) is 0 Å². The van der Waals surface area contributed by atoms with Crippen molar-refractivity contribution in [3.8, 4) is 0 Å². The van der Waals surface area contributed by atoms with Crippen LogP contribution in [0.5, 0.6) is 0 Å². The summed E-state index contributed by atoms with van der Waals surface area (Å²) in [5.41, 5.74) is -1.21. The van der Waals surface area contributed by atoms with Crippen LogP contribution >= 0.6 is 0 Å². The van der Waals surface area contributed by atoms with Crippen molar-refractivity contribution < 1.29 is 27.5 Å². The van der Waals surface area contributed by atoms with E-state index in [9.17, 15) is 27.6 Å². The smallest absolute Gasteiger partial charge is 0.410 e. The molecule has 2 amide bonds. The van der Waals surface area contributed by atoms with E-state index in [1.807, 2.05) is 20.8 Å². The van der Waals surface area contributed by atoms with Gasteiger partial charge in [-0.2, -0.15) is 0 Å². The molecule has 1 saturated heterocycles. The van der Waals surface area contributed by atoms with E-state index >= 15 is 0 Å². The molecular formula is C30H35F3N4O4. The number of fused-ring (bicyclic) bond motifs is 1. The molecule has 4 aliphatic carbocycles. The maximum atomic E-state index is 14.8. The van der Waals surface area contributed by atoms with Crippen LogP contribution in [0.25, 0.3) is 0 Å². The third-order valence-electron chi connectivity index (χ3n) is 9.09. The quantitative estimate of drug-likeness (QED) is 0.476. The Balaban J connectivity index is 1.22. The number of anilines is 1. The van der Waals surface area contributed by atoms with Gasteiger partial charge in [0.15, 0.2) is 0 Å². The number of likely N-dealkylation sites (tertiary alicyclic amines) is 1. The van der Waals surface area contributed by atoms with E-state index in [2.05, 4.69) is 10.6 Å². The first kappa shape index (κ1) is 27.7. The number of aromatic nitrogens is 1. The van der Waals surface area contributed by atoms with Crippen molar-refractivity contribution in [3.05, 3.63) is 63.3 Å². The van der Waals surface area contributed by atoms with Gasteiger partial charge in [-0.25, -0.2) is 18.0 Å². The molecule has 0 spiro atoms. The maximum absolute atomic E-state index is 14.8. The maximum Gasteiger partial charge on any atom is 0.410 e. The number of alkyl halides is 2. The first-order chi connectivity index (χ1) is 19.3. The summed E-state index contributed by atoms with van der Waals surface area (Å²) in [6, 6.07) is 4.25. The fourth-order valence-electron chi connectivity index (χ4n) is 6.75. The number of amides is 2. The predicted molar refractivity (Wildman–Crippen MR) is 145 cm³/mol. The van der Waals surface area contributed by atoms with Crippen LogP contribution in [0.4, 0.5) is 23.7 Å². The molecular weight excluding hydrogens is 537 g/mol. The summed E-state index contributed by atoms with van der Waals surface area (Å²) in [5.74, 6) is -0.663. The number of nitrogens with zero attached hydrogens (tertiary/aromatic N) is 2. The average Bonchev–Trinajstić information content (AvgIpc) is 3.24. The van der Waals surface area contributed by atoms with Crippen molar-refractivity contribution in [2.45, 2.75) is 76.6 Å². The van der Waals surface area contributed by atoms with Crippen LogP contribution in [0.1, 0.15) is 80.9 Å². The van der Waals surface area contributed by atoms with Crippen LogP contribution < -0.4 is 16.2 Å². The lowest BCUT2D eigenvalue weighted by molar-refractivity contribution is -0.0914. The molecule has 8 nitrogen and oxygen atoms in total. The molecule has 1 aromatic heterocycles. The Morgan fingerprint density at radius 2 is 1.73 bits per heavy atom. The Bertz CT molecular complexity index is 1440. The van der Waals surface area contributed by atoms with Crippen LogP contribution in [-0.4, -0.2) is 46.2 Å². The van der Waals surface area contributed by atoms with Crippen LogP contribution in [0.15, 0.2) is 35.3 Å². The van der Waals surface area contributed by atoms with Gasteiger partial charge in [0.2, 0.25) is 0 Å². The number of halogens is 3. The standard InChI is InChI=1S/C30H35F3N4O4/c1-15(17-6-5-7-18(24(17)31)26(32)33)34-27(39)21-14-37(30-9-16(10-30)11-30)23(38)8-22(21)35-25-19-12-36(13-20(19)25)28(40)41-29(2,3)4/h5-8,14-16,19-20,25-26,35H,9-13H2,1-4H3,(H,34,39)/t15-,16?,19-,20+,25+,30?/m1/s1. The van der Waals surface area contributed by atoms with Gasteiger partial charge < -0.3 is 24.8 Å². The zero-order valence-electron chi connectivity index (χ0n) is 23.5. The van der Waals surface area contributed by atoms with Gasteiger partial charge in [0.05, 0.1) is 22.9 Å². The third kappa shape index (κ3) is 4.86. The SMILES string of the molecule is C[C@@H](NC(=O)c1cn(C23CC(C2)C3)c(=O)cc1N[C@H]1[C@@H]2CN(C(=O)OC(C)(C)C)C[C@@H]21)c1cccc(C(F)F)c1F. The summed E-state index contributed by atoms with van der Waals surface area (Å²) >= 11 is 0. The zero-order valence-corrected chi connectivity index (χ0v) is 23.5. The van der Waals surface area contributed by atoms with Gasteiger partial charge >= 0.3 is 6.09 Å². The van der Waals surface area contributed by atoms with Gasteiger partial charge in [-0.15, -0.1) is 0 Å². The van der Waals surface area contributed by atoms with Crippen LogP contribution in [0.2, 0.25) is 0 Å². The van der Waals surface area contributed by atoms with E-state index in [4.69, 9.17) is 4.74 Å². The summed E-state index contributed by atoms with van der Waals surface area (Å²) in [4.78, 5) is 40.9. The molecule has 2 aromatic rings. The Hall–Kier alpha value is -3.50. The van der Waals surface area contributed by atoms with Crippen LogP contribution in [-0.2, 0) is 10.3 Å². The molecule has 4 saturated carbocycles.